The van der Waals surface area contributed by atoms with Crippen LogP contribution >= 0.6 is 0 Å². The van der Waals surface area contributed by atoms with Crippen molar-refractivity contribution < 1.29 is 5.11 Å². The highest BCUT2D eigenvalue weighted by atomic mass is 16.3. The second-order valence-electron chi connectivity index (χ2n) is 3.18. The summed E-state index contributed by atoms with van der Waals surface area (Å²) in [6.45, 7) is 1.86. The zero-order valence-corrected chi connectivity index (χ0v) is 8.01. The smallest absolute Gasteiger partial charge is 0.136 e. The number of benzene rings is 1. The van der Waals surface area contributed by atoms with Crippen LogP contribution in [-0.2, 0) is 6.73 Å². The molecule has 0 aliphatic heterocycles. The Kier molecular flexibility index (Phi) is 2.33. The van der Waals surface area contributed by atoms with Crippen molar-refractivity contribution in [3.63, 3.8) is 0 Å². The monoisotopic (exact) mass is 188 g/mol. The molecule has 0 atom stereocenters. The van der Waals surface area contributed by atoms with E-state index in [1.54, 1.807) is 4.68 Å². The molecule has 0 saturated heterocycles. The van der Waals surface area contributed by atoms with Gasteiger partial charge in [0.15, 0.2) is 0 Å². The zero-order valence-electron chi connectivity index (χ0n) is 8.01. The molecule has 1 aromatic carbocycles. The fourth-order valence-electron chi connectivity index (χ4n) is 1.40. The molecule has 0 spiro atoms. The SMILES string of the molecule is Cc1cc(-c2ccccc2)nn1CO. The molecule has 2 rings (SSSR count). The van der Waals surface area contributed by atoms with Gasteiger partial charge in [0.05, 0.1) is 5.69 Å². The maximum atomic E-state index is 8.98. The van der Waals surface area contributed by atoms with Crippen molar-refractivity contribution in [3.8, 4) is 11.3 Å². The molecule has 3 nitrogen and oxygen atoms in total. The third-order valence-corrected chi connectivity index (χ3v) is 2.18. The lowest BCUT2D eigenvalue weighted by Crippen LogP contribution is -2.00. The van der Waals surface area contributed by atoms with E-state index >= 15 is 0 Å². The van der Waals surface area contributed by atoms with Crippen molar-refractivity contribution in [1.29, 1.82) is 0 Å². The van der Waals surface area contributed by atoms with Gasteiger partial charge in [-0.25, -0.2) is 4.68 Å². The average Bonchev–Trinajstić information content (AvgIpc) is 2.61. The summed E-state index contributed by atoms with van der Waals surface area (Å²) >= 11 is 0. The fraction of sp³-hybridized carbons (Fsp3) is 0.182. The van der Waals surface area contributed by atoms with Crippen LogP contribution in [0.3, 0.4) is 0 Å². The molecule has 0 radical (unpaired) electrons. The first-order chi connectivity index (χ1) is 6.81. The molecule has 0 fully saturated rings. The minimum atomic E-state index is -0.0708. The molecular weight excluding hydrogens is 176 g/mol. The summed E-state index contributed by atoms with van der Waals surface area (Å²) in [5.74, 6) is 0. The lowest BCUT2D eigenvalue weighted by atomic mass is 10.1. The van der Waals surface area contributed by atoms with Gasteiger partial charge in [0.25, 0.3) is 0 Å². The van der Waals surface area contributed by atoms with Crippen molar-refractivity contribution in [3.05, 3.63) is 42.1 Å². The molecule has 2 aromatic rings. The molecule has 3 heteroatoms. The number of aryl methyl sites for hydroxylation is 1. The van der Waals surface area contributed by atoms with E-state index in [1.165, 1.54) is 0 Å². The molecule has 72 valence electrons. The first-order valence-electron chi connectivity index (χ1n) is 4.52. The molecule has 0 saturated carbocycles. The molecule has 14 heavy (non-hydrogen) atoms. The van der Waals surface area contributed by atoms with Gasteiger partial charge in [0.2, 0.25) is 0 Å². The van der Waals surface area contributed by atoms with Gasteiger partial charge in [-0.3, -0.25) is 0 Å². The van der Waals surface area contributed by atoms with Gasteiger partial charge in [-0.15, -0.1) is 0 Å². The Balaban J connectivity index is 2.43. The van der Waals surface area contributed by atoms with Crippen molar-refractivity contribution in [2.75, 3.05) is 0 Å². The third-order valence-electron chi connectivity index (χ3n) is 2.18. The maximum Gasteiger partial charge on any atom is 0.136 e. The molecule has 0 aliphatic rings. The van der Waals surface area contributed by atoms with E-state index < -0.39 is 0 Å². The first-order valence-corrected chi connectivity index (χ1v) is 4.52. The van der Waals surface area contributed by atoms with Crippen LogP contribution in [-0.4, -0.2) is 14.9 Å². The predicted molar refractivity (Wildman–Crippen MR) is 54.6 cm³/mol. The molecule has 1 aromatic heterocycles. The summed E-state index contributed by atoms with van der Waals surface area (Å²) < 4.78 is 1.57. The van der Waals surface area contributed by atoms with Gasteiger partial charge < -0.3 is 5.11 Å². The Bertz CT molecular complexity index is 420. The Morgan fingerprint density at radius 3 is 2.57 bits per heavy atom. The van der Waals surface area contributed by atoms with Crippen LogP contribution in [0.1, 0.15) is 5.69 Å². The van der Waals surface area contributed by atoms with Gasteiger partial charge >= 0.3 is 0 Å². The Hall–Kier alpha value is -1.61. The molecular formula is C11H12N2O. The zero-order chi connectivity index (χ0) is 9.97. The van der Waals surface area contributed by atoms with E-state index in [1.807, 2.05) is 43.3 Å². The largest absolute Gasteiger partial charge is 0.374 e. The Morgan fingerprint density at radius 2 is 2.00 bits per heavy atom. The number of nitrogens with zero attached hydrogens (tertiary/aromatic N) is 2. The summed E-state index contributed by atoms with van der Waals surface area (Å²) in [5.41, 5.74) is 2.94. The van der Waals surface area contributed by atoms with Crippen LogP contribution in [0.5, 0.6) is 0 Å². The van der Waals surface area contributed by atoms with Gasteiger partial charge in [0.1, 0.15) is 6.73 Å². The van der Waals surface area contributed by atoms with Crippen LogP contribution in [0.4, 0.5) is 0 Å². The number of aliphatic hydroxyl groups excluding tert-OH is 1. The van der Waals surface area contributed by atoms with E-state index in [-0.39, 0.29) is 6.73 Å². The van der Waals surface area contributed by atoms with Crippen LogP contribution in [0.15, 0.2) is 36.4 Å². The summed E-state index contributed by atoms with van der Waals surface area (Å²) in [5, 5.41) is 13.2. The molecule has 1 heterocycles. The molecule has 1 N–H and O–H groups in total. The van der Waals surface area contributed by atoms with Crippen LogP contribution in [0.2, 0.25) is 0 Å². The minimum Gasteiger partial charge on any atom is -0.374 e. The van der Waals surface area contributed by atoms with Crippen LogP contribution < -0.4 is 0 Å². The second kappa shape index (κ2) is 3.64. The normalized spacial score (nSPS) is 10.4. The van der Waals surface area contributed by atoms with Gasteiger partial charge in [0, 0.05) is 11.3 Å². The summed E-state index contributed by atoms with van der Waals surface area (Å²) in [6, 6.07) is 11.9. The number of hydrogen-bond donors (Lipinski definition) is 1. The lowest BCUT2D eigenvalue weighted by molar-refractivity contribution is 0.193. The van der Waals surface area contributed by atoms with Crippen LogP contribution in [0, 0.1) is 6.92 Å². The summed E-state index contributed by atoms with van der Waals surface area (Å²) in [6.07, 6.45) is 0. The van der Waals surface area contributed by atoms with Crippen molar-refractivity contribution >= 4 is 0 Å². The minimum absolute atomic E-state index is 0.0708. The van der Waals surface area contributed by atoms with Gasteiger partial charge in [-0.05, 0) is 13.0 Å². The van der Waals surface area contributed by atoms with Crippen LogP contribution in [0.25, 0.3) is 11.3 Å². The fourth-order valence-corrected chi connectivity index (χ4v) is 1.40. The second-order valence-corrected chi connectivity index (χ2v) is 3.18. The van der Waals surface area contributed by atoms with E-state index in [0.717, 1.165) is 17.0 Å². The predicted octanol–water partition coefficient (Wildman–Crippen LogP) is 1.81. The van der Waals surface area contributed by atoms with E-state index in [4.69, 9.17) is 5.11 Å². The highest BCUT2D eigenvalue weighted by Crippen LogP contribution is 2.17. The number of aliphatic hydroxyl groups is 1. The lowest BCUT2D eigenvalue weighted by Gasteiger charge is -1.96. The Morgan fingerprint density at radius 1 is 1.29 bits per heavy atom. The topological polar surface area (TPSA) is 38.0 Å². The highest BCUT2D eigenvalue weighted by Gasteiger charge is 2.04. The summed E-state index contributed by atoms with van der Waals surface area (Å²) in [7, 11) is 0. The molecule has 0 aliphatic carbocycles. The summed E-state index contributed by atoms with van der Waals surface area (Å²) in [4.78, 5) is 0. The molecule has 0 unspecified atom stereocenters. The Labute approximate surface area is 82.6 Å². The third kappa shape index (κ3) is 1.54. The van der Waals surface area contributed by atoms with Crippen molar-refractivity contribution in [2.24, 2.45) is 0 Å². The molecule has 0 bridgehead atoms. The van der Waals surface area contributed by atoms with E-state index in [0.29, 0.717) is 0 Å². The highest BCUT2D eigenvalue weighted by molar-refractivity contribution is 5.58. The van der Waals surface area contributed by atoms with Gasteiger partial charge in [-0.2, -0.15) is 5.10 Å². The van der Waals surface area contributed by atoms with E-state index in [2.05, 4.69) is 5.10 Å². The number of rotatable bonds is 2. The first kappa shape index (κ1) is 8.97. The number of hydrogen-bond acceptors (Lipinski definition) is 2. The van der Waals surface area contributed by atoms with Crippen molar-refractivity contribution in [2.45, 2.75) is 13.7 Å². The van der Waals surface area contributed by atoms with E-state index in [9.17, 15) is 0 Å². The number of aromatic nitrogens is 2. The van der Waals surface area contributed by atoms with Gasteiger partial charge in [-0.1, -0.05) is 30.3 Å². The van der Waals surface area contributed by atoms with Crippen molar-refractivity contribution in [1.82, 2.24) is 9.78 Å². The maximum absolute atomic E-state index is 8.98. The quantitative estimate of drug-likeness (QED) is 0.780. The average molecular weight is 188 g/mol. The molecule has 0 amide bonds. The standard InChI is InChI=1S/C11H12N2O/c1-9-7-11(12-13(9)8-14)10-5-3-2-4-6-10/h2-7,14H,8H2,1H3.